The first-order valence-electron chi connectivity index (χ1n) is 10.2. The Kier molecular flexibility index (Phi) is 6.89. The molecule has 0 radical (unpaired) electrons. The van der Waals surface area contributed by atoms with Crippen molar-refractivity contribution in [3.63, 3.8) is 0 Å². The lowest BCUT2D eigenvalue weighted by molar-refractivity contribution is -0.158. The van der Waals surface area contributed by atoms with Crippen LogP contribution in [-0.4, -0.2) is 50.7 Å². The molecule has 0 aliphatic carbocycles. The number of pyridine rings is 1. The molecule has 176 valence electrons. The minimum Gasteiger partial charge on any atom is -0.354 e. The number of benzene rings is 1. The van der Waals surface area contributed by atoms with Crippen LogP contribution >= 0.6 is 0 Å². The molecule has 2 N–H and O–H groups in total. The zero-order valence-electron chi connectivity index (χ0n) is 18.7. The van der Waals surface area contributed by atoms with Crippen molar-refractivity contribution in [2.45, 2.75) is 39.5 Å². The third kappa shape index (κ3) is 5.60. The molecule has 8 nitrogen and oxygen atoms in total. The number of alkyl halides is 3. The van der Waals surface area contributed by atoms with Crippen LogP contribution in [0.15, 0.2) is 30.5 Å². The Hall–Kier alpha value is -3.63. The first-order chi connectivity index (χ1) is 15.5. The van der Waals surface area contributed by atoms with Gasteiger partial charge in [-0.25, -0.2) is 4.98 Å². The average Bonchev–Trinajstić information content (AvgIpc) is 3.02. The normalized spacial score (nSPS) is 12.5. The van der Waals surface area contributed by atoms with E-state index in [1.165, 1.54) is 0 Å². The maximum atomic E-state index is 12.6. The summed E-state index contributed by atoms with van der Waals surface area (Å²) >= 11 is 0. The van der Waals surface area contributed by atoms with Crippen LogP contribution in [0.2, 0.25) is 0 Å². The molecular weight excluding hydrogens is 437 g/mol. The van der Waals surface area contributed by atoms with Crippen LogP contribution in [0.25, 0.3) is 11.0 Å². The first-order valence-corrected chi connectivity index (χ1v) is 10.2. The molecule has 33 heavy (non-hydrogen) atoms. The van der Waals surface area contributed by atoms with Gasteiger partial charge in [0.25, 0.3) is 0 Å². The molecule has 0 fully saturated rings. The number of carbonyl (C=O) groups is 2. The monoisotopic (exact) mass is 462 g/mol. The molecule has 1 atom stereocenters. The summed E-state index contributed by atoms with van der Waals surface area (Å²) in [6, 6.07) is 5.39. The topological polar surface area (TPSA) is 92.2 Å². The van der Waals surface area contributed by atoms with Crippen LogP contribution in [0.3, 0.4) is 0 Å². The fourth-order valence-corrected chi connectivity index (χ4v) is 3.42. The van der Waals surface area contributed by atoms with Crippen molar-refractivity contribution in [2.75, 3.05) is 11.9 Å². The van der Waals surface area contributed by atoms with Gasteiger partial charge in [-0.1, -0.05) is 12.1 Å². The number of anilines is 2. The molecule has 2 aromatic heterocycles. The Balaban J connectivity index is 1.73. The van der Waals surface area contributed by atoms with Crippen LogP contribution in [0.4, 0.5) is 24.5 Å². The van der Waals surface area contributed by atoms with Gasteiger partial charge in [-0.15, -0.1) is 0 Å². The Morgan fingerprint density at radius 2 is 2.03 bits per heavy atom. The van der Waals surface area contributed by atoms with E-state index in [2.05, 4.69) is 15.4 Å². The summed E-state index contributed by atoms with van der Waals surface area (Å²) in [4.78, 5) is 29.0. The molecule has 0 aliphatic heterocycles. The molecule has 0 spiro atoms. The van der Waals surface area contributed by atoms with Gasteiger partial charge in [-0.3, -0.25) is 14.3 Å². The molecule has 2 heterocycles. The Bertz CT molecular complexity index is 1170. The highest BCUT2D eigenvalue weighted by Gasteiger charge is 2.37. The number of aromatic nitrogens is 3. The third-order valence-corrected chi connectivity index (χ3v) is 5.33. The number of halogens is 3. The summed E-state index contributed by atoms with van der Waals surface area (Å²) in [7, 11) is 1.83. The van der Waals surface area contributed by atoms with Gasteiger partial charge >= 0.3 is 6.18 Å². The number of rotatable bonds is 8. The summed E-state index contributed by atoms with van der Waals surface area (Å²) in [5.74, 6) is -0.884. The summed E-state index contributed by atoms with van der Waals surface area (Å²) in [6.45, 7) is 4.19. The number of aryl methyl sites for hydroxylation is 2. The SMILES string of the molecule is Cc1c(CN(C=O)CC(=O)NC(C)C(F)(F)F)cccc1Nc1cnc2c(c1)c(C)nn2C. The number of fused-ring (bicyclic) bond motifs is 1. The van der Waals surface area contributed by atoms with Crippen LogP contribution in [0.5, 0.6) is 0 Å². The van der Waals surface area contributed by atoms with E-state index < -0.39 is 24.7 Å². The van der Waals surface area contributed by atoms with E-state index in [0.717, 1.165) is 51.1 Å². The Morgan fingerprint density at radius 1 is 1.30 bits per heavy atom. The van der Waals surface area contributed by atoms with Gasteiger partial charge in [0.1, 0.15) is 6.04 Å². The standard InChI is InChI=1S/C22H25F3N6O2/c1-13-16(10-31(12-32)11-20(33)27-15(3)22(23,24)25)6-5-7-19(13)28-17-8-18-14(2)29-30(4)21(18)26-9-17/h5-9,12,15,28H,10-11H2,1-4H3,(H,27,33). The second-order valence-electron chi connectivity index (χ2n) is 7.86. The number of hydrogen-bond donors (Lipinski definition) is 2. The summed E-state index contributed by atoms with van der Waals surface area (Å²) in [5, 5.41) is 10.4. The van der Waals surface area contributed by atoms with E-state index in [9.17, 15) is 22.8 Å². The smallest absolute Gasteiger partial charge is 0.354 e. The van der Waals surface area contributed by atoms with Gasteiger partial charge in [0.05, 0.1) is 24.1 Å². The molecule has 1 aromatic carbocycles. The van der Waals surface area contributed by atoms with Crippen molar-refractivity contribution in [2.24, 2.45) is 7.05 Å². The van der Waals surface area contributed by atoms with Crippen LogP contribution < -0.4 is 10.6 Å². The Labute approximate surface area is 188 Å². The molecule has 0 bridgehead atoms. The number of carbonyl (C=O) groups excluding carboxylic acids is 2. The van der Waals surface area contributed by atoms with E-state index in [0.29, 0.717) is 6.41 Å². The van der Waals surface area contributed by atoms with E-state index in [-0.39, 0.29) is 6.54 Å². The quantitative estimate of drug-likeness (QED) is 0.501. The van der Waals surface area contributed by atoms with Crippen molar-refractivity contribution < 1.29 is 22.8 Å². The minimum absolute atomic E-state index is 0.0671. The van der Waals surface area contributed by atoms with Crippen molar-refractivity contribution in [3.05, 3.63) is 47.3 Å². The van der Waals surface area contributed by atoms with Gasteiger partial charge in [0.2, 0.25) is 12.3 Å². The van der Waals surface area contributed by atoms with Crippen LogP contribution in [0.1, 0.15) is 23.7 Å². The lowest BCUT2D eigenvalue weighted by atomic mass is 10.1. The van der Waals surface area contributed by atoms with Crippen molar-refractivity contribution in [1.82, 2.24) is 25.0 Å². The summed E-state index contributed by atoms with van der Waals surface area (Å²) in [6.07, 6.45) is -2.41. The zero-order chi connectivity index (χ0) is 24.3. The van der Waals surface area contributed by atoms with Crippen molar-refractivity contribution in [3.8, 4) is 0 Å². The molecular formula is C22H25F3N6O2. The van der Waals surface area contributed by atoms with E-state index >= 15 is 0 Å². The largest absolute Gasteiger partial charge is 0.408 e. The fourth-order valence-electron chi connectivity index (χ4n) is 3.42. The first kappa shape index (κ1) is 24.0. The summed E-state index contributed by atoms with van der Waals surface area (Å²) < 4.78 is 39.7. The second kappa shape index (κ2) is 9.47. The highest BCUT2D eigenvalue weighted by Crippen LogP contribution is 2.26. The molecule has 0 saturated heterocycles. The molecule has 11 heteroatoms. The minimum atomic E-state index is -4.55. The van der Waals surface area contributed by atoms with E-state index in [1.54, 1.807) is 23.0 Å². The number of nitrogens with one attached hydrogen (secondary N) is 2. The number of hydrogen-bond acceptors (Lipinski definition) is 5. The van der Waals surface area contributed by atoms with Gasteiger partial charge in [0.15, 0.2) is 5.65 Å². The maximum Gasteiger partial charge on any atom is 0.408 e. The predicted molar refractivity (Wildman–Crippen MR) is 118 cm³/mol. The highest BCUT2D eigenvalue weighted by molar-refractivity contribution is 5.83. The lowest BCUT2D eigenvalue weighted by Crippen LogP contribution is -2.46. The summed E-state index contributed by atoms with van der Waals surface area (Å²) in [5.41, 5.74) is 4.73. The van der Waals surface area contributed by atoms with Gasteiger partial charge < -0.3 is 15.5 Å². The highest BCUT2D eigenvalue weighted by atomic mass is 19.4. The lowest BCUT2D eigenvalue weighted by Gasteiger charge is -2.22. The van der Waals surface area contributed by atoms with Gasteiger partial charge in [-0.05, 0) is 44.0 Å². The molecule has 0 saturated carbocycles. The Morgan fingerprint density at radius 3 is 2.70 bits per heavy atom. The van der Waals surface area contributed by atoms with E-state index in [1.807, 2.05) is 38.3 Å². The second-order valence-corrected chi connectivity index (χ2v) is 7.86. The zero-order valence-corrected chi connectivity index (χ0v) is 18.7. The van der Waals surface area contributed by atoms with E-state index in [4.69, 9.17) is 0 Å². The van der Waals surface area contributed by atoms with Crippen LogP contribution in [-0.2, 0) is 23.2 Å². The maximum absolute atomic E-state index is 12.6. The van der Waals surface area contributed by atoms with Crippen molar-refractivity contribution in [1.29, 1.82) is 0 Å². The number of amides is 2. The molecule has 1 unspecified atom stereocenters. The molecule has 2 amide bonds. The average molecular weight is 462 g/mol. The van der Waals surface area contributed by atoms with Crippen molar-refractivity contribution >= 4 is 34.7 Å². The fraction of sp³-hybridized carbons (Fsp3) is 0.364. The predicted octanol–water partition coefficient (Wildman–Crippen LogP) is 3.35. The molecule has 3 aromatic rings. The molecule has 3 rings (SSSR count). The van der Waals surface area contributed by atoms with Gasteiger partial charge in [0, 0.05) is 24.7 Å². The van der Waals surface area contributed by atoms with Crippen LogP contribution in [0, 0.1) is 13.8 Å². The number of nitrogens with zero attached hydrogens (tertiary/aromatic N) is 4. The van der Waals surface area contributed by atoms with Gasteiger partial charge in [-0.2, -0.15) is 18.3 Å². The third-order valence-electron chi connectivity index (χ3n) is 5.33. The molecule has 0 aliphatic rings.